The third kappa shape index (κ3) is 3.92. The van der Waals surface area contributed by atoms with E-state index in [4.69, 9.17) is 0 Å². The van der Waals surface area contributed by atoms with Crippen LogP contribution in [0.25, 0.3) is 0 Å². The van der Waals surface area contributed by atoms with Crippen LogP contribution in [-0.2, 0) is 9.59 Å². The number of hydrogen-bond acceptors (Lipinski definition) is 3. The number of imide groups is 1. The van der Waals surface area contributed by atoms with Crippen molar-refractivity contribution in [2.24, 2.45) is 17.3 Å². The molecule has 6 heteroatoms. The molecule has 158 valence electrons. The zero-order valence-corrected chi connectivity index (χ0v) is 18.0. The van der Waals surface area contributed by atoms with Gasteiger partial charge < -0.3 is 10.6 Å². The average molecular weight is 392 g/mol. The van der Waals surface area contributed by atoms with Gasteiger partial charge in [0, 0.05) is 6.04 Å². The van der Waals surface area contributed by atoms with Gasteiger partial charge in [-0.1, -0.05) is 47.0 Å². The Kier molecular flexibility index (Phi) is 6.06. The van der Waals surface area contributed by atoms with Gasteiger partial charge in [-0.3, -0.25) is 14.5 Å². The van der Waals surface area contributed by atoms with Crippen LogP contribution in [0.2, 0.25) is 0 Å². The minimum Gasteiger partial charge on any atom is -0.352 e. The molecule has 6 nitrogen and oxygen atoms in total. The standard InChI is InChI=1S/C22H37N3O3/c1-5-21(3,4)16-9-11-17(12-10-16)23-18(26)14-25-19(27)22(24-20(25)28)13-7-6-8-15(22)2/h15-17H,5-14H2,1-4H3,(H,23,26)(H,24,28)/t15-,16?,17?,22+/m1/s1. The van der Waals surface area contributed by atoms with Gasteiger partial charge in [-0.15, -0.1) is 0 Å². The van der Waals surface area contributed by atoms with E-state index in [0.29, 0.717) is 17.8 Å². The topological polar surface area (TPSA) is 78.5 Å². The van der Waals surface area contributed by atoms with Crippen molar-refractivity contribution in [2.75, 3.05) is 6.54 Å². The molecule has 2 aliphatic carbocycles. The second-order valence-corrected chi connectivity index (χ2v) is 9.90. The molecule has 2 atom stereocenters. The van der Waals surface area contributed by atoms with E-state index in [9.17, 15) is 14.4 Å². The van der Waals surface area contributed by atoms with Crippen molar-refractivity contribution in [1.82, 2.24) is 15.5 Å². The molecule has 0 radical (unpaired) electrons. The van der Waals surface area contributed by atoms with Gasteiger partial charge >= 0.3 is 6.03 Å². The first-order valence-corrected chi connectivity index (χ1v) is 11.1. The molecule has 4 amide bonds. The molecule has 0 aromatic carbocycles. The Bertz CT molecular complexity index is 625. The monoisotopic (exact) mass is 391 g/mol. The van der Waals surface area contributed by atoms with E-state index >= 15 is 0 Å². The number of carbonyl (C=O) groups excluding carboxylic acids is 3. The molecular weight excluding hydrogens is 354 g/mol. The van der Waals surface area contributed by atoms with E-state index in [-0.39, 0.29) is 30.3 Å². The van der Waals surface area contributed by atoms with Crippen molar-refractivity contribution in [1.29, 1.82) is 0 Å². The highest BCUT2D eigenvalue weighted by atomic mass is 16.2. The Hall–Kier alpha value is -1.59. The predicted octanol–water partition coefficient (Wildman–Crippen LogP) is 3.60. The molecule has 3 aliphatic rings. The summed E-state index contributed by atoms with van der Waals surface area (Å²) in [7, 11) is 0. The van der Waals surface area contributed by atoms with Crippen LogP contribution in [0.15, 0.2) is 0 Å². The highest BCUT2D eigenvalue weighted by Crippen LogP contribution is 2.40. The summed E-state index contributed by atoms with van der Waals surface area (Å²) in [5, 5.41) is 5.98. The van der Waals surface area contributed by atoms with Gasteiger partial charge in [-0.05, 0) is 55.8 Å². The normalized spacial score (nSPS) is 33.9. The van der Waals surface area contributed by atoms with E-state index in [1.165, 1.54) is 6.42 Å². The lowest BCUT2D eigenvalue weighted by Crippen LogP contribution is -2.54. The minimum atomic E-state index is -0.792. The highest BCUT2D eigenvalue weighted by molar-refractivity contribution is 6.09. The number of nitrogens with one attached hydrogen (secondary N) is 2. The van der Waals surface area contributed by atoms with Crippen LogP contribution in [0.5, 0.6) is 0 Å². The van der Waals surface area contributed by atoms with Gasteiger partial charge in [0.25, 0.3) is 5.91 Å². The molecule has 2 N–H and O–H groups in total. The van der Waals surface area contributed by atoms with Gasteiger partial charge in [-0.2, -0.15) is 0 Å². The molecule has 1 heterocycles. The summed E-state index contributed by atoms with van der Waals surface area (Å²) in [4.78, 5) is 39.1. The van der Waals surface area contributed by atoms with E-state index < -0.39 is 11.6 Å². The summed E-state index contributed by atoms with van der Waals surface area (Å²) in [6.45, 7) is 8.76. The van der Waals surface area contributed by atoms with Crippen LogP contribution in [0.1, 0.15) is 85.5 Å². The smallest absolute Gasteiger partial charge is 0.325 e. The third-order valence-corrected chi connectivity index (χ3v) is 7.91. The number of carbonyl (C=O) groups is 3. The van der Waals surface area contributed by atoms with Crippen LogP contribution in [0, 0.1) is 17.3 Å². The molecule has 0 aromatic rings. The summed E-state index contributed by atoms with van der Waals surface area (Å²) >= 11 is 0. The highest BCUT2D eigenvalue weighted by Gasteiger charge is 2.55. The van der Waals surface area contributed by atoms with Crippen molar-refractivity contribution < 1.29 is 14.4 Å². The Morgan fingerprint density at radius 3 is 2.46 bits per heavy atom. The molecule has 0 bridgehead atoms. The Morgan fingerprint density at radius 2 is 1.86 bits per heavy atom. The lowest BCUT2D eigenvalue weighted by molar-refractivity contribution is -0.137. The van der Waals surface area contributed by atoms with Crippen LogP contribution >= 0.6 is 0 Å². The number of rotatable bonds is 5. The maximum absolute atomic E-state index is 13.0. The van der Waals surface area contributed by atoms with Gasteiger partial charge in [0.2, 0.25) is 5.91 Å². The zero-order valence-electron chi connectivity index (χ0n) is 18.0. The number of amides is 4. The summed E-state index contributed by atoms with van der Waals surface area (Å²) in [6.07, 6.45) is 8.99. The third-order valence-electron chi connectivity index (χ3n) is 7.91. The predicted molar refractivity (Wildman–Crippen MR) is 109 cm³/mol. The summed E-state index contributed by atoms with van der Waals surface area (Å²) in [5.74, 6) is 0.377. The zero-order chi connectivity index (χ0) is 20.5. The molecule has 28 heavy (non-hydrogen) atoms. The van der Waals surface area contributed by atoms with Crippen LogP contribution < -0.4 is 10.6 Å². The largest absolute Gasteiger partial charge is 0.352 e. The van der Waals surface area contributed by atoms with Crippen molar-refractivity contribution in [3.63, 3.8) is 0 Å². The summed E-state index contributed by atoms with van der Waals surface area (Å²) < 4.78 is 0. The molecule has 1 saturated heterocycles. The van der Waals surface area contributed by atoms with Crippen LogP contribution in [-0.4, -0.2) is 40.9 Å². The molecule has 1 spiro atoms. The molecule has 0 aromatic heterocycles. The maximum atomic E-state index is 13.0. The summed E-state index contributed by atoms with van der Waals surface area (Å²) in [6, 6.07) is -0.262. The van der Waals surface area contributed by atoms with Crippen molar-refractivity contribution in [2.45, 2.75) is 97.1 Å². The molecule has 1 aliphatic heterocycles. The van der Waals surface area contributed by atoms with Crippen LogP contribution in [0.3, 0.4) is 0 Å². The van der Waals surface area contributed by atoms with Gasteiger partial charge in [0.15, 0.2) is 0 Å². The van der Waals surface area contributed by atoms with E-state index in [0.717, 1.165) is 49.8 Å². The Morgan fingerprint density at radius 1 is 1.18 bits per heavy atom. The van der Waals surface area contributed by atoms with E-state index in [2.05, 4.69) is 31.4 Å². The van der Waals surface area contributed by atoms with E-state index in [1.54, 1.807) is 0 Å². The average Bonchev–Trinajstić information content (AvgIpc) is 2.89. The second-order valence-electron chi connectivity index (χ2n) is 9.90. The van der Waals surface area contributed by atoms with Gasteiger partial charge in [0.05, 0.1) is 0 Å². The van der Waals surface area contributed by atoms with Crippen molar-refractivity contribution >= 4 is 17.8 Å². The molecule has 3 fully saturated rings. The Labute approximate surface area is 169 Å². The Balaban J connectivity index is 1.53. The minimum absolute atomic E-state index is 0.114. The maximum Gasteiger partial charge on any atom is 0.325 e. The van der Waals surface area contributed by atoms with Gasteiger partial charge in [-0.25, -0.2) is 4.79 Å². The molecular formula is C22H37N3O3. The van der Waals surface area contributed by atoms with Gasteiger partial charge in [0.1, 0.15) is 12.1 Å². The molecule has 2 saturated carbocycles. The number of urea groups is 1. The first-order valence-electron chi connectivity index (χ1n) is 11.1. The fraction of sp³-hybridized carbons (Fsp3) is 0.864. The molecule has 3 rings (SSSR count). The number of nitrogens with zero attached hydrogens (tertiary/aromatic N) is 1. The fourth-order valence-corrected chi connectivity index (χ4v) is 5.36. The lowest BCUT2D eigenvalue weighted by atomic mass is 9.69. The first kappa shape index (κ1) is 21.1. The SMILES string of the molecule is CCC(C)(C)C1CCC(NC(=O)CN2C(=O)N[C@]3(CCCC[C@H]3C)C2=O)CC1. The second kappa shape index (κ2) is 8.03. The number of hydrogen-bond donors (Lipinski definition) is 2. The van der Waals surface area contributed by atoms with Crippen molar-refractivity contribution in [3.05, 3.63) is 0 Å². The summed E-state index contributed by atoms with van der Waals surface area (Å²) in [5.41, 5.74) is -0.445. The quantitative estimate of drug-likeness (QED) is 0.703. The fourth-order valence-electron chi connectivity index (χ4n) is 5.36. The lowest BCUT2D eigenvalue weighted by Gasteiger charge is -2.39. The molecule has 0 unspecified atom stereocenters. The van der Waals surface area contributed by atoms with Crippen molar-refractivity contribution in [3.8, 4) is 0 Å². The van der Waals surface area contributed by atoms with Crippen LogP contribution in [0.4, 0.5) is 4.79 Å². The first-order chi connectivity index (χ1) is 13.2. The van der Waals surface area contributed by atoms with E-state index in [1.807, 2.05) is 6.92 Å².